The van der Waals surface area contributed by atoms with E-state index in [4.69, 9.17) is 0 Å². The molecule has 0 unspecified atom stereocenters. The Bertz CT molecular complexity index is 1120. The van der Waals surface area contributed by atoms with Crippen molar-refractivity contribution in [2.45, 2.75) is 38.3 Å². The lowest BCUT2D eigenvalue weighted by Gasteiger charge is -2.19. The molecule has 0 aliphatic carbocycles. The van der Waals surface area contributed by atoms with E-state index >= 15 is 0 Å². The average Bonchev–Trinajstić information content (AvgIpc) is 3.24. The first kappa shape index (κ1) is 19.1. The van der Waals surface area contributed by atoms with Crippen molar-refractivity contribution >= 4 is 17.4 Å². The Kier molecular flexibility index (Phi) is 4.20. The molecule has 0 saturated heterocycles. The first-order valence-corrected chi connectivity index (χ1v) is 8.37. The van der Waals surface area contributed by atoms with Crippen molar-refractivity contribution in [3.63, 3.8) is 0 Å². The van der Waals surface area contributed by atoms with Crippen LogP contribution in [0.15, 0.2) is 12.5 Å². The predicted molar refractivity (Wildman–Crippen MR) is 88.2 cm³/mol. The summed E-state index contributed by atoms with van der Waals surface area (Å²) in [5.74, 6) is -4.73. The van der Waals surface area contributed by atoms with Crippen molar-refractivity contribution in [2.75, 3.05) is 5.32 Å². The Hall–Kier alpha value is -3.25. The van der Waals surface area contributed by atoms with Gasteiger partial charge in [0.1, 0.15) is 17.8 Å². The van der Waals surface area contributed by atoms with E-state index in [9.17, 15) is 26.7 Å². The lowest BCUT2D eigenvalue weighted by Crippen LogP contribution is -2.36. The van der Waals surface area contributed by atoms with Gasteiger partial charge < -0.3 is 5.32 Å². The average molecular weight is 413 g/mol. The highest BCUT2D eigenvalue weighted by Gasteiger charge is 2.56. The van der Waals surface area contributed by atoms with Gasteiger partial charge in [-0.3, -0.25) is 4.79 Å². The number of fused-ring (bicyclic) bond motifs is 2. The summed E-state index contributed by atoms with van der Waals surface area (Å²) in [6, 6.07) is 0. The summed E-state index contributed by atoms with van der Waals surface area (Å²) in [5.41, 5.74) is 1.20. The van der Waals surface area contributed by atoms with Gasteiger partial charge in [-0.1, -0.05) is 0 Å². The number of amides is 1. The Labute approximate surface area is 159 Å². The number of nitrogens with zero attached hydrogens (tertiary/aromatic N) is 6. The minimum absolute atomic E-state index is 0.0536. The van der Waals surface area contributed by atoms with Crippen molar-refractivity contribution in [3.05, 3.63) is 29.5 Å². The van der Waals surface area contributed by atoms with Gasteiger partial charge in [-0.2, -0.15) is 27.1 Å². The lowest BCUT2D eigenvalue weighted by atomic mass is 10.1. The molecule has 1 N–H and O–H groups in total. The van der Waals surface area contributed by atoms with Crippen LogP contribution in [-0.4, -0.2) is 47.6 Å². The first-order valence-electron chi connectivity index (χ1n) is 8.37. The summed E-state index contributed by atoms with van der Waals surface area (Å²) in [5, 5.41) is 6.48. The number of aromatic nitrogens is 6. The van der Waals surface area contributed by atoms with Gasteiger partial charge in [0, 0.05) is 17.7 Å². The zero-order valence-electron chi connectivity index (χ0n) is 14.8. The fraction of sp³-hybridized carbons (Fsp3) is 0.375. The number of hydrogen-bond acceptors (Lipinski definition) is 6. The highest BCUT2D eigenvalue weighted by atomic mass is 19.4. The molecule has 0 fully saturated rings. The van der Waals surface area contributed by atoms with E-state index in [-0.39, 0.29) is 35.2 Å². The molecule has 0 aromatic carbocycles. The van der Waals surface area contributed by atoms with Gasteiger partial charge in [0.05, 0.1) is 18.3 Å². The quantitative estimate of drug-likeness (QED) is 0.660. The predicted octanol–water partition coefficient (Wildman–Crippen LogP) is 2.51. The van der Waals surface area contributed by atoms with Crippen LogP contribution in [0.3, 0.4) is 0 Å². The summed E-state index contributed by atoms with van der Waals surface area (Å²) in [7, 11) is 0. The third-order valence-corrected chi connectivity index (χ3v) is 4.46. The Balaban J connectivity index is 1.74. The van der Waals surface area contributed by atoms with E-state index in [1.807, 2.05) is 0 Å². The number of aryl methyl sites for hydroxylation is 2. The summed E-state index contributed by atoms with van der Waals surface area (Å²) in [6.45, 7) is 1.67. The lowest BCUT2D eigenvalue weighted by molar-refractivity contribution is -0.284. The number of nitrogens with one attached hydrogen (secondary N) is 1. The number of hydrogen-bond donors (Lipinski definition) is 1. The van der Waals surface area contributed by atoms with E-state index in [2.05, 4.69) is 30.4 Å². The van der Waals surface area contributed by atoms with Crippen LogP contribution in [0, 0.1) is 6.92 Å². The molecule has 0 spiro atoms. The minimum atomic E-state index is -5.66. The van der Waals surface area contributed by atoms with Gasteiger partial charge in [0.15, 0.2) is 11.5 Å². The molecule has 152 valence electrons. The Morgan fingerprint density at radius 3 is 2.66 bits per heavy atom. The zero-order valence-corrected chi connectivity index (χ0v) is 14.8. The topological polar surface area (TPSA) is 98.0 Å². The number of alkyl halides is 5. The monoisotopic (exact) mass is 413 g/mol. The van der Waals surface area contributed by atoms with Crippen LogP contribution in [-0.2, 0) is 17.6 Å². The van der Waals surface area contributed by atoms with Gasteiger partial charge in [-0.15, -0.1) is 0 Å². The van der Waals surface area contributed by atoms with Gasteiger partial charge in [-0.05, 0) is 13.3 Å². The molecule has 8 nitrogen and oxygen atoms in total. The second-order valence-electron chi connectivity index (χ2n) is 6.49. The largest absolute Gasteiger partial charge is 0.453 e. The van der Waals surface area contributed by atoms with Crippen LogP contribution >= 0.6 is 0 Å². The second kappa shape index (κ2) is 6.39. The Morgan fingerprint density at radius 1 is 1.17 bits per heavy atom. The number of carbonyl (C=O) groups excluding carboxylic acids is 1. The molecule has 0 atom stereocenters. The van der Waals surface area contributed by atoms with Crippen LogP contribution in [0.1, 0.15) is 23.4 Å². The minimum Gasteiger partial charge on any atom is -0.310 e. The normalized spacial score (nSPS) is 14.3. The van der Waals surface area contributed by atoms with Gasteiger partial charge in [0.2, 0.25) is 5.91 Å². The summed E-state index contributed by atoms with van der Waals surface area (Å²) in [4.78, 5) is 28.1. The highest BCUT2D eigenvalue weighted by molar-refractivity contribution is 5.98. The molecule has 3 aromatic heterocycles. The van der Waals surface area contributed by atoms with Crippen molar-refractivity contribution in [1.29, 1.82) is 0 Å². The van der Waals surface area contributed by atoms with Crippen molar-refractivity contribution in [2.24, 2.45) is 0 Å². The number of carbonyl (C=O) groups is 1. The molecule has 29 heavy (non-hydrogen) atoms. The molecule has 13 heteroatoms. The molecule has 0 radical (unpaired) electrons. The molecule has 0 saturated carbocycles. The molecule has 4 heterocycles. The standard InChI is InChI=1S/C16H12F5N7O/c1-7-8-4-11(29)26-12(8)27-13(24-7)10-5-28-14(22-6-23-28)9(25-10)2-3-15(17,18)16(19,20)21/h5-6H,2-4H2,1H3,(H,24,26,27,29). The van der Waals surface area contributed by atoms with Crippen LogP contribution in [0.4, 0.5) is 27.8 Å². The van der Waals surface area contributed by atoms with Crippen LogP contribution in [0.25, 0.3) is 17.2 Å². The number of halogens is 5. The molecule has 1 aliphatic rings. The van der Waals surface area contributed by atoms with Crippen LogP contribution in [0.2, 0.25) is 0 Å². The van der Waals surface area contributed by atoms with E-state index < -0.39 is 24.9 Å². The molecular weight excluding hydrogens is 401 g/mol. The SMILES string of the molecule is Cc1nc(-c2cn3ncnc3c(CCC(F)(F)C(F)(F)F)n2)nc2c1CC(=O)N2. The maximum absolute atomic E-state index is 13.3. The van der Waals surface area contributed by atoms with E-state index in [0.29, 0.717) is 17.1 Å². The maximum Gasteiger partial charge on any atom is 0.453 e. The molecule has 3 aromatic rings. The molecule has 0 bridgehead atoms. The summed E-state index contributed by atoms with van der Waals surface area (Å²) < 4.78 is 65.3. The molecular formula is C16H12F5N7O. The number of anilines is 1. The van der Waals surface area contributed by atoms with Gasteiger partial charge in [0.25, 0.3) is 0 Å². The zero-order chi connectivity index (χ0) is 21.0. The van der Waals surface area contributed by atoms with Crippen LogP contribution < -0.4 is 5.32 Å². The van der Waals surface area contributed by atoms with Gasteiger partial charge >= 0.3 is 12.1 Å². The van der Waals surface area contributed by atoms with Crippen molar-refractivity contribution < 1.29 is 26.7 Å². The van der Waals surface area contributed by atoms with Crippen LogP contribution in [0.5, 0.6) is 0 Å². The fourth-order valence-electron chi connectivity index (χ4n) is 2.95. The third kappa shape index (κ3) is 3.36. The second-order valence-corrected chi connectivity index (χ2v) is 6.49. The smallest absolute Gasteiger partial charge is 0.310 e. The third-order valence-electron chi connectivity index (χ3n) is 4.46. The molecule has 1 aliphatic heterocycles. The highest BCUT2D eigenvalue weighted by Crippen LogP contribution is 2.39. The fourth-order valence-corrected chi connectivity index (χ4v) is 2.95. The van der Waals surface area contributed by atoms with Gasteiger partial charge in [-0.25, -0.2) is 24.5 Å². The van der Waals surface area contributed by atoms with E-state index in [1.54, 1.807) is 6.92 Å². The number of rotatable bonds is 4. The molecule has 4 rings (SSSR count). The van der Waals surface area contributed by atoms with Crippen molar-refractivity contribution in [3.8, 4) is 11.5 Å². The van der Waals surface area contributed by atoms with E-state index in [1.165, 1.54) is 10.7 Å². The summed E-state index contributed by atoms with van der Waals surface area (Å²) >= 11 is 0. The van der Waals surface area contributed by atoms with Crippen molar-refractivity contribution in [1.82, 2.24) is 29.5 Å². The molecule has 1 amide bonds. The van der Waals surface area contributed by atoms with E-state index in [0.717, 1.165) is 6.33 Å². The maximum atomic E-state index is 13.3. The summed E-state index contributed by atoms with van der Waals surface area (Å²) in [6.07, 6.45) is -5.20. The Morgan fingerprint density at radius 2 is 1.93 bits per heavy atom. The first-order chi connectivity index (χ1) is 13.5.